The number of hydrogen-bond acceptors (Lipinski definition) is 3. The lowest BCUT2D eigenvalue weighted by atomic mass is 9.44. The normalized spacial score (nSPS) is 14.9. The van der Waals surface area contributed by atoms with Gasteiger partial charge in [-0.05, 0) is 121 Å². The Labute approximate surface area is 377 Å². The molecule has 5 heteroatoms. The molecular weight excluding hydrogens is 796 g/mol. The lowest BCUT2D eigenvalue weighted by Crippen LogP contribution is -2.60. The van der Waals surface area contributed by atoms with Gasteiger partial charge >= 0.3 is 6.85 Å². The molecule has 0 fully saturated rings. The lowest BCUT2D eigenvalue weighted by molar-refractivity contribution is 0.589. The first-order valence-electron chi connectivity index (χ1n) is 22.9. The molecule has 0 bridgehead atoms. The molecule has 0 spiro atoms. The molecule has 64 heavy (non-hydrogen) atoms. The molecule has 0 atom stereocenters. The number of thiophene rings is 1. The zero-order valence-electron chi connectivity index (χ0n) is 37.6. The van der Waals surface area contributed by atoms with Crippen molar-refractivity contribution in [3.05, 3.63) is 162 Å². The number of nitrogens with zero attached hydrogens (tertiary/aromatic N) is 2. The van der Waals surface area contributed by atoms with Crippen LogP contribution in [0.2, 0.25) is 0 Å². The van der Waals surface area contributed by atoms with E-state index in [0.29, 0.717) is 0 Å². The minimum Gasteiger partial charge on any atom is -0.456 e. The number of benzene rings is 8. The molecule has 308 valence electrons. The highest BCUT2D eigenvalue weighted by Gasteiger charge is 2.46. The smallest absolute Gasteiger partial charge is 0.333 e. The number of fused-ring (bicyclic) bond motifs is 18. The van der Waals surface area contributed by atoms with Gasteiger partial charge in [-0.2, -0.15) is 0 Å². The summed E-state index contributed by atoms with van der Waals surface area (Å²) in [6, 6.07) is 53.8. The fraction of sp³-hybridized carbons (Fsp3) is 0.186. The average Bonchev–Trinajstić information content (AvgIpc) is 4.00. The van der Waals surface area contributed by atoms with E-state index >= 15 is 0 Å². The number of para-hydroxylation sites is 1. The van der Waals surface area contributed by atoms with Crippen LogP contribution in [0.25, 0.3) is 91.9 Å². The summed E-state index contributed by atoms with van der Waals surface area (Å²) in [7, 11) is 0. The number of anilines is 2. The third-order valence-electron chi connectivity index (χ3n) is 15.3. The maximum absolute atomic E-state index is 6.60. The van der Waals surface area contributed by atoms with Crippen molar-refractivity contribution in [1.29, 1.82) is 0 Å². The topological polar surface area (TPSA) is 21.3 Å². The first-order chi connectivity index (χ1) is 30.8. The average molecular weight is 843 g/mol. The van der Waals surface area contributed by atoms with Crippen molar-refractivity contribution < 1.29 is 4.42 Å². The zero-order valence-corrected chi connectivity index (χ0v) is 38.4. The molecule has 0 amide bonds. The SMILES string of the molecule is CC(C)(C)c1ccc(N2B3c4cc5sc6ccccc6c5cc4-n4c5ccc6oc7ccccc7c6c5c5ccc(c3c54)-c3cc4c(cc32)C(C)(C)c2ccc(C(C)(C)C)cc2-4)cc1. The highest BCUT2D eigenvalue weighted by molar-refractivity contribution is 7.26. The highest BCUT2D eigenvalue weighted by atomic mass is 32.1. The number of aromatic nitrogens is 1. The van der Waals surface area contributed by atoms with E-state index in [2.05, 4.69) is 204 Å². The van der Waals surface area contributed by atoms with Crippen LogP contribution < -0.4 is 15.7 Å². The number of rotatable bonds is 1. The molecule has 3 aliphatic rings. The predicted octanol–water partition coefficient (Wildman–Crippen LogP) is 15.2. The van der Waals surface area contributed by atoms with Gasteiger partial charge in [0, 0.05) is 69.8 Å². The van der Waals surface area contributed by atoms with E-state index < -0.39 is 0 Å². The van der Waals surface area contributed by atoms with E-state index in [1.807, 2.05) is 11.3 Å². The van der Waals surface area contributed by atoms with Crippen molar-refractivity contribution in [2.45, 2.75) is 71.6 Å². The van der Waals surface area contributed by atoms with Crippen LogP contribution in [0.15, 0.2) is 144 Å². The molecule has 11 aromatic rings. The Morgan fingerprint density at radius 3 is 2.06 bits per heavy atom. The van der Waals surface area contributed by atoms with E-state index in [1.165, 1.54) is 120 Å². The molecular formula is C59H47BN2OS. The molecule has 0 saturated heterocycles. The molecule has 0 saturated carbocycles. The summed E-state index contributed by atoms with van der Waals surface area (Å²) in [5.74, 6) is 0. The highest BCUT2D eigenvalue weighted by Crippen LogP contribution is 2.55. The van der Waals surface area contributed by atoms with Crippen LogP contribution in [-0.2, 0) is 16.2 Å². The molecule has 3 nitrogen and oxygen atoms in total. The first-order valence-corrected chi connectivity index (χ1v) is 23.7. The third kappa shape index (κ3) is 4.63. The minimum atomic E-state index is -0.166. The van der Waals surface area contributed by atoms with Gasteiger partial charge in [0.25, 0.3) is 0 Å². The Morgan fingerprint density at radius 2 is 1.27 bits per heavy atom. The molecule has 2 aliphatic heterocycles. The lowest BCUT2D eigenvalue weighted by Gasteiger charge is -2.42. The van der Waals surface area contributed by atoms with Gasteiger partial charge in [0.2, 0.25) is 0 Å². The number of furan rings is 1. The van der Waals surface area contributed by atoms with Gasteiger partial charge in [0.15, 0.2) is 0 Å². The standard InChI is InChI=1S/C59H47BN2OS/c1-57(2,3)32-17-20-34(21-18-32)62-47-30-44-40(39-27-33(58(4,5)6)19-24-43(39)59(44,7)8)28-41(47)36-22-23-38-53-46(25-26-50-54(53)37-14-9-11-15-49(37)63-50)61-48-29-42-35-13-10-12-16-51(35)64-52(42)31-45(48)60(62)55(36)56(38)61/h9-31H,1-8H3. The van der Waals surface area contributed by atoms with E-state index in [9.17, 15) is 0 Å². The first kappa shape index (κ1) is 36.9. The van der Waals surface area contributed by atoms with E-state index in [1.54, 1.807) is 0 Å². The summed E-state index contributed by atoms with van der Waals surface area (Å²) in [6.45, 7) is 18.7. The molecule has 5 heterocycles. The van der Waals surface area contributed by atoms with Crippen LogP contribution in [0.1, 0.15) is 77.6 Å². The zero-order chi connectivity index (χ0) is 43.3. The fourth-order valence-corrected chi connectivity index (χ4v) is 13.2. The minimum absolute atomic E-state index is 0.0351. The number of hydrogen-bond donors (Lipinski definition) is 0. The van der Waals surface area contributed by atoms with Gasteiger partial charge in [0.05, 0.1) is 11.0 Å². The Kier molecular flexibility index (Phi) is 6.89. The van der Waals surface area contributed by atoms with Gasteiger partial charge in [-0.15, -0.1) is 11.3 Å². The van der Waals surface area contributed by atoms with Gasteiger partial charge in [-0.1, -0.05) is 134 Å². The van der Waals surface area contributed by atoms with Crippen molar-refractivity contribution in [2.75, 3.05) is 4.81 Å². The Morgan fingerprint density at radius 1 is 0.531 bits per heavy atom. The van der Waals surface area contributed by atoms with Crippen LogP contribution in [0.3, 0.4) is 0 Å². The largest absolute Gasteiger partial charge is 0.456 e. The van der Waals surface area contributed by atoms with Crippen LogP contribution in [0.4, 0.5) is 11.4 Å². The summed E-state index contributed by atoms with van der Waals surface area (Å²) in [5, 5.41) is 7.51. The Balaban J connectivity index is 1.16. The molecule has 3 aromatic heterocycles. The molecule has 1 aliphatic carbocycles. The van der Waals surface area contributed by atoms with Crippen LogP contribution in [0.5, 0.6) is 0 Å². The molecule has 0 radical (unpaired) electrons. The van der Waals surface area contributed by atoms with Gasteiger partial charge < -0.3 is 13.8 Å². The van der Waals surface area contributed by atoms with Gasteiger partial charge in [0.1, 0.15) is 11.2 Å². The van der Waals surface area contributed by atoms with E-state index in [-0.39, 0.29) is 23.1 Å². The van der Waals surface area contributed by atoms with Crippen LogP contribution in [-0.4, -0.2) is 11.4 Å². The predicted molar refractivity (Wildman–Crippen MR) is 275 cm³/mol. The van der Waals surface area contributed by atoms with E-state index in [4.69, 9.17) is 4.42 Å². The molecule has 14 rings (SSSR count). The monoisotopic (exact) mass is 842 g/mol. The molecule has 0 unspecified atom stereocenters. The Bertz CT molecular complexity index is 3900. The summed E-state index contributed by atoms with van der Waals surface area (Å²) in [5.41, 5.74) is 21.5. The van der Waals surface area contributed by atoms with Crippen molar-refractivity contribution in [1.82, 2.24) is 4.57 Å². The third-order valence-corrected chi connectivity index (χ3v) is 16.4. The fourth-order valence-electron chi connectivity index (χ4n) is 12.0. The van der Waals surface area contributed by atoms with Crippen LogP contribution >= 0.6 is 11.3 Å². The van der Waals surface area contributed by atoms with Crippen molar-refractivity contribution >= 4 is 104 Å². The summed E-state index contributed by atoms with van der Waals surface area (Å²) in [4.78, 5) is 2.71. The second-order valence-corrected chi connectivity index (χ2v) is 22.4. The molecule has 0 N–H and O–H groups in total. The van der Waals surface area contributed by atoms with Gasteiger partial charge in [-0.25, -0.2) is 0 Å². The Hall–Kier alpha value is -6.56. The maximum atomic E-state index is 6.60. The van der Waals surface area contributed by atoms with Gasteiger partial charge in [-0.3, -0.25) is 0 Å². The van der Waals surface area contributed by atoms with Crippen molar-refractivity contribution in [3.8, 4) is 27.9 Å². The summed E-state index contributed by atoms with van der Waals surface area (Å²) in [6.07, 6.45) is 0. The summed E-state index contributed by atoms with van der Waals surface area (Å²) >= 11 is 1.91. The van der Waals surface area contributed by atoms with E-state index in [0.717, 1.165) is 16.6 Å². The summed E-state index contributed by atoms with van der Waals surface area (Å²) < 4.78 is 11.9. The maximum Gasteiger partial charge on any atom is 0.333 e. The second kappa shape index (κ2) is 12.0. The second-order valence-electron chi connectivity index (χ2n) is 21.3. The molecule has 8 aromatic carbocycles. The van der Waals surface area contributed by atoms with Crippen LogP contribution in [0, 0.1) is 0 Å². The van der Waals surface area contributed by atoms with Crippen molar-refractivity contribution in [2.24, 2.45) is 0 Å². The van der Waals surface area contributed by atoms with Crippen molar-refractivity contribution in [3.63, 3.8) is 0 Å². The quantitative estimate of drug-likeness (QED) is 0.154.